The van der Waals surface area contributed by atoms with Crippen molar-refractivity contribution < 1.29 is 23.2 Å². The van der Waals surface area contributed by atoms with Gasteiger partial charge in [0.15, 0.2) is 17.4 Å². The molecule has 0 N–H and O–H groups in total. The van der Waals surface area contributed by atoms with Crippen LogP contribution < -0.4 is 14.4 Å². The molecule has 0 saturated carbocycles. The summed E-state index contributed by atoms with van der Waals surface area (Å²) in [6.07, 6.45) is 0.280. The molecule has 1 amide bonds. The summed E-state index contributed by atoms with van der Waals surface area (Å²) in [6, 6.07) is 11.7. The zero-order chi connectivity index (χ0) is 19.7. The van der Waals surface area contributed by atoms with E-state index in [2.05, 4.69) is 10.1 Å². The number of methoxy groups -OCH3 is 2. The Morgan fingerprint density at radius 1 is 1.14 bits per heavy atom. The first-order chi connectivity index (χ1) is 13.6. The summed E-state index contributed by atoms with van der Waals surface area (Å²) in [5, 5.41) is 4.00. The second-order valence-corrected chi connectivity index (χ2v) is 6.41. The lowest BCUT2D eigenvalue weighted by molar-refractivity contribution is -0.117. The zero-order valence-electron chi connectivity index (χ0n) is 15.4. The Labute approximate surface area is 160 Å². The van der Waals surface area contributed by atoms with Gasteiger partial charge in [0, 0.05) is 30.1 Å². The van der Waals surface area contributed by atoms with E-state index >= 15 is 0 Å². The molecule has 1 atom stereocenters. The third-order valence-corrected chi connectivity index (χ3v) is 4.71. The van der Waals surface area contributed by atoms with E-state index in [0.29, 0.717) is 17.9 Å². The van der Waals surface area contributed by atoms with Crippen LogP contribution in [0.5, 0.6) is 11.5 Å². The standard InChI is InChI=1S/C20H18FN3O4/c1-26-15-6-4-14(5-7-15)24-11-13(10-18(24)25)19-22-20(28-23-19)12-3-8-17(27-2)16(21)9-12/h3-9,13H,10-11H2,1-2H3/t13-/m1/s1. The summed E-state index contributed by atoms with van der Waals surface area (Å²) in [5.74, 6) is 0.762. The van der Waals surface area contributed by atoms with Gasteiger partial charge in [0.25, 0.3) is 5.89 Å². The second-order valence-electron chi connectivity index (χ2n) is 6.41. The summed E-state index contributed by atoms with van der Waals surface area (Å²) in [7, 11) is 2.99. The number of ether oxygens (including phenoxy) is 2. The normalized spacial score (nSPS) is 16.5. The number of anilines is 1. The highest BCUT2D eigenvalue weighted by Gasteiger charge is 2.34. The Kier molecular flexibility index (Phi) is 4.68. The molecule has 0 bridgehead atoms. The van der Waals surface area contributed by atoms with Crippen molar-refractivity contribution in [2.75, 3.05) is 25.7 Å². The van der Waals surface area contributed by atoms with Crippen LogP contribution >= 0.6 is 0 Å². The topological polar surface area (TPSA) is 77.7 Å². The lowest BCUT2D eigenvalue weighted by Crippen LogP contribution is -2.24. The monoisotopic (exact) mass is 383 g/mol. The van der Waals surface area contributed by atoms with Gasteiger partial charge < -0.3 is 18.9 Å². The Hall–Kier alpha value is -3.42. The maximum absolute atomic E-state index is 13.9. The van der Waals surface area contributed by atoms with Gasteiger partial charge in [-0.15, -0.1) is 0 Å². The minimum absolute atomic E-state index is 0.0167. The van der Waals surface area contributed by atoms with Gasteiger partial charge in [-0.2, -0.15) is 4.98 Å². The number of rotatable bonds is 5. The maximum atomic E-state index is 13.9. The van der Waals surface area contributed by atoms with Crippen LogP contribution in [0.15, 0.2) is 47.0 Å². The lowest BCUT2D eigenvalue weighted by atomic mass is 10.1. The third-order valence-electron chi connectivity index (χ3n) is 4.71. The third kappa shape index (κ3) is 3.28. The molecule has 0 aliphatic carbocycles. The highest BCUT2D eigenvalue weighted by molar-refractivity contribution is 5.96. The predicted molar refractivity (Wildman–Crippen MR) is 98.9 cm³/mol. The Morgan fingerprint density at radius 3 is 2.61 bits per heavy atom. The fourth-order valence-corrected chi connectivity index (χ4v) is 3.21. The number of benzene rings is 2. The van der Waals surface area contributed by atoms with Crippen LogP contribution in [-0.4, -0.2) is 36.8 Å². The number of aromatic nitrogens is 2. The number of hydrogen-bond donors (Lipinski definition) is 0. The van der Waals surface area contributed by atoms with Crippen molar-refractivity contribution in [3.8, 4) is 23.0 Å². The molecule has 144 valence electrons. The first kappa shape index (κ1) is 18.0. The first-order valence-corrected chi connectivity index (χ1v) is 8.71. The van der Waals surface area contributed by atoms with E-state index in [4.69, 9.17) is 14.0 Å². The van der Waals surface area contributed by atoms with E-state index in [0.717, 1.165) is 11.4 Å². The van der Waals surface area contributed by atoms with Crippen molar-refractivity contribution in [1.29, 1.82) is 0 Å². The molecule has 7 nitrogen and oxygen atoms in total. The van der Waals surface area contributed by atoms with Gasteiger partial charge in [-0.25, -0.2) is 4.39 Å². The molecule has 28 heavy (non-hydrogen) atoms. The van der Waals surface area contributed by atoms with Gasteiger partial charge in [0.05, 0.1) is 14.2 Å². The lowest BCUT2D eigenvalue weighted by Gasteiger charge is -2.16. The highest BCUT2D eigenvalue weighted by atomic mass is 19.1. The van der Waals surface area contributed by atoms with E-state index in [1.807, 2.05) is 12.1 Å². The average Bonchev–Trinajstić information content (AvgIpc) is 3.35. The fourth-order valence-electron chi connectivity index (χ4n) is 3.21. The summed E-state index contributed by atoms with van der Waals surface area (Å²) < 4.78 is 29.3. The molecule has 1 fully saturated rings. The maximum Gasteiger partial charge on any atom is 0.258 e. The van der Waals surface area contributed by atoms with Crippen LogP contribution in [-0.2, 0) is 4.79 Å². The fraction of sp³-hybridized carbons (Fsp3) is 0.250. The van der Waals surface area contributed by atoms with Gasteiger partial charge in [0.2, 0.25) is 5.91 Å². The molecule has 1 aliphatic rings. The molecule has 2 aromatic carbocycles. The van der Waals surface area contributed by atoms with Crippen LogP contribution in [0.4, 0.5) is 10.1 Å². The van der Waals surface area contributed by atoms with Crippen molar-refractivity contribution in [3.05, 3.63) is 54.1 Å². The zero-order valence-corrected chi connectivity index (χ0v) is 15.4. The van der Waals surface area contributed by atoms with E-state index < -0.39 is 5.82 Å². The van der Waals surface area contributed by atoms with Gasteiger partial charge in [-0.3, -0.25) is 4.79 Å². The largest absolute Gasteiger partial charge is 0.497 e. The molecule has 8 heteroatoms. The second kappa shape index (κ2) is 7.30. The molecule has 0 unspecified atom stereocenters. The van der Waals surface area contributed by atoms with Crippen molar-refractivity contribution in [2.24, 2.45) is 0 Å². The number of amides is 1. The Bertz CT molecular complexity index is 1000. The van der Waals surface area contributed by atoms with Crippen molar-refractivity contribution in [1.82, 2.24) is 10.1 Å². The number of nitrogens with zero attached hydrogens (tertiary/aromatic N) is 3. The van der Waals surface area contributed by atoms with Crippen molar-refractivity contribution in [3.63, 3.8) is 0 Å². The molecule has 0 radical (unpaired) electrons. The van der Waals surface area contributed by atoms with Crippen LogP contribution in [0.3, 0.4) is 0 Å². The van der Waals surface area contributed by atoms with Crippen LogP contribution in [0.25, 0.3) is 11.5 Å². The summed E-state index contributed by atoms with van der Waals surface area (Å²) in [4.78, 5) is 18.5. The van der Waals surface area contributed by atoms with E-state index in [1.165, 1.54) is 19.2 Å². The van der Waals surface area contributed by atoms with Crippen LogP contribution in [0, 0.1) is 5.82 Å². The number of hydrogen-bond acceptors (Lipinski definition) is 6. The van der Waals surface area contributed by atoms with Gasteiger partial charge in [-0.1, -0.05) is 5.16 Å². The molecule has 2 heterocycles. The van der Waals surface area contributed by atoms with E-state index in [1.54, 1.807) is 30.2 Å². The average molecular weight is 383 g/mol. The van der Waals surface area contributed by atoms with Gasteiger partial charge in [0.1, 0.15) is 5.75 Å². The quantitative estimate of drug-likeness (QED) is 0.672. The van der Waals surface area contributed by atoms with E-state index in [9.17, 15) is 9.18 Å². The van der Waals surface area contributed by atoms with Crippen LogP contribution in [0.2, 0.25) is 0 Å². The smallest absolute Gasteiger partial charge is 0.258 e. The molecular formula is C20H18FN3O4. The summed E-state index contributed by atoms with van der Waals surface area (Å²) in [6.45, 7) is 0.446. The highest BCUT2D eigenvalue weighted by Crippen LogP contribution is 2.32. The van der Waals surface area contributed by atoms with Crippen molar-refractivity contribution in [2.45, 2.75) is 12.3 Å². The number of carbonyl (C=O) groups excluding carboxylic acids is 1. The molecule has 1 aliphatic heterocycles. The van der Waals surface area contributed by atoms with Gasteiger partial charge >= 0.3 is 0 Å². The SMILES string of the molecule is COc1ccc(N2C[C@H](c3noc(-c4ccc(OC)c(F)c4)n3)CC2=O)cc1. The molecule has 0 spiro atoms. The first-order valence-electron chi connectivity index (χ1n) is 8.71. The van der Waals surface area contributed by atoms with Crippen molar-refractivity contribution >= 4 is 11.6 Å². The predicted octanol–water partition coefficient (Wildman–Crippen LogP) is 3.41. The van der Waals surface area contributed by atoms with E-state index in [-0.39, 0.29) is 29.9 Å². The molecular weight excluding hydrogens is 365 g/mol. The minimum atomic E-state index is -0.513. The summed E-state index contributed by atoms with van der Waals surface area (Å²) in [5.41, 5.74) is 1.24. The minimum Gasteiger partial charge on any atom is -0.497 e. The Balaban J connectivity index is 1.52. The number of carbonyl (C=O) groups is 1. The molecule has 1 aromatic heterocycles. The molecule has 3 aromatic rings. The Morgan fingerprint density at radius 2 is 1.93 bits per heavy atom. The molecule has 4 rings (SSSR count). The van der Waals surface area contributed by atoms with Crippen LogP contribution in [0.1, 0.15) is 18.2 Å². The number of halogens is 1. The molecule has 1 saturated heterocycles. The van der Waals surface area contributed by atoms with Gasteiger partial charge in [-0.05, 0) is 42.5 Å². The summed E-state index contributed by atoms with van der Waals surface area (Å²) >= 11 is 0.